The first-order valence-corrected chi connectivity index (χ1v) is 17.9. The van der Waals surface area contributed by atoms with Crippen molar-refractivity contribution in [1.82, 2.24) is 29.7 Å². The number of carbonyl (C=O) groups excluding carboxylic acids is 1. The number of aromatic hydroxyl groups is 1. The van der Waals surface area contributed by atoms with E-state index in [9.17, 15) is 15.0 Å². The van der Waals surface area contributed by atoms with Gasteiger partial charge in [-0.3, -0.25) is 9.72 Å². The van der Waals surface area contributed by atoms with E-state index in [4.69, 9.17) is 16.7 Å². The van der Waals surface area contributed by atoms with Crippen molar-refractivity contribution in [2.75, 3.05) is 17.7 Å². The van der Waals surface area contributed by atoms with Gasteiger partial charge < -0.3 is 15.5 Å². The van der Waals surface area contributed by atoms with E-state index in [1.807, 2.05) is 77.3 Å². The SMILES string of the molecule is CCC(C)(C)c1cc(NC(=O)NCc2ccccc2Sc2ccc3nnc(-c4ccccc4SCCO)n3c2)n(-c2ccc(O)c(Cl)c2)n1. The van der Waals surface area contributed by atoms with Gasteiger partial charge in [0.25, 0.3) is 0 Å². The third-order valence-electron chi connectivity index (χ3n) is 8.20. The highest BCUT2D eigenvalue weighted by Gasteiger charge is 2.25. The van der Waals surface area contributed by atoms with E-state index >= 15 is 0 Å². The molecule has 6 aromatic rings. The Labute approximate surface area is 297 Å². The molecule has 0 aliphatic carbocycles. The lowest BCUT2D eigenvalue weighted by atomic mass is 9.87. The molecule has 49 heavy (non-hydrogen) atoms. The number of fused-ring (bicyclic) bond motifs is 1. The van der Waals surface area contributed by atoms with E-state index in [-0.39, 0.29) is 35.4 Å². The molecule has 252 valence electrons. The molecule has 0 atom stereocenters. The van der Waals surface area contributed by atoms with Gasteiger partial charge in [0.1, 0.15) is 11.6 Å². The van der Waals surface area contributed by atoms with E-state index in [1.54, 1.807) is 40.3 Å². The van der Waals surface area contributed by atoms with Crippen molar-refractivity contribution in [3.05, 3.63) is 107 Å². The molecule has 0 fully saturated rings. The van der Waals surface area contributed by atoms with Crippen LogP contribution >= 0.6 is 35.1 Å². The highest BCUT2D eigenvalue weighted by molar-refractivity contribution is 7.99. The molecule has 3 aromatic heterocycles. The Kier molecular flexibility index (Phi) is 10.5. The summed E-state index contributed by atoms with van der Waals surface area (Å²) in [5.74, 6) is 1.76. The first kappa shape index (κ1) is 34.4. The molecule has 0 aliphatic rings. The summed E-state index contributed by atoms with van der Waals surface area (Å²) in [4.78, 5) is 16.3. The van der Waals surface area contributed by atoms with Gasteiger partial charge in [-0.2, -0.15) is 5.10 Å². The van der Waals surface area contributed by atoms with Gasteiger partial charge >= 0.3 is 6.03 Å². The number of pyridine rings is 1. The maximum absolute atomic E-state index is 13.3. The van der Waals surface area contributed by atoms with Crippen LogP contribution in [0.3, 0.4) is 0 Å². The standard InChI is InChI=1S/C36H36ClN7O3S2/c1-4-36(2,3)31-20-33(44(42-31)24-13-15-28(46)27(37)19-24)39-35(47)38-21-23-9-5-7-11-29(23)49-25-14-16-32-40-41-34(43(32)22-25)26-10-6-8-12-30(26)48-18-17-45/h5-16,19-20,22,45-46H,4,17-18,21H2,1-3H3,(H2,38,39,47). The predicted octanol–water partition coefficient (Wildman–Crippen LogP) is 8.19. The van der Waals surface area contributed by atoms with Crippen LogP contribution in [0.4, 0.5) is 10.6 Å². The van der Waals surface area contributed by atoms with Crippen molar-refractivity contribution in [2.24, 2.45) is 0 Å². The van der Waals surface area contributed by atoms with Crippen LogP contribution in [0.25, 0.3) is 22.7 Å². The average molecular weight is 714 g/mol. The lowest BCUT2D eigenvalue weighted by Crippen LogP contribution is -2.29. The zero-order chi connectivity index (χ0) is 34.5. The van der Waals surface area contributed by atoms with Crippen LogP contribution in [0.2, 0.25) is 5.02 Å². The number of aliphatic hydroxyl groups excluding tert-OH is 1. The van der Waals surface area contributed by atoms with Crippen molar-refractivity contribution in [3.8, 4) is 22.8 Å². The molecule has 3 heterocycles. The third kappa shape index (κ3) is 7.73. The summed E-state index contributed by atoms with van der Waals surface area (Å²) < 4.78 is 3.61. The quantitative estimate of drug-likeness (QED) is 0.0935. The summed E-state index contributed by atoms with van der Waals surface area (Å²) in [6.45, 7) is 6.67. The molecule has 3 aromatic carbocycles. The lowest BCUT2D eigenvalue weighted by Gasteiger charge is -2.19. The van der Waals surface area contributed by atoms with Gasteiger partial charge in [0.2, 0.25) is 0 Å². The van der Waals surface area contributed by atoms with Crippen LogP contribution < -0.4 is 10.6 Å². The molecule has 10 nitrogen and oxygen atoms in total. The van der Waals surface area contributed by atoms with Crippen LogP contribution in [-0.2, 0) is 12.0 Å². The number of nitrogens with zero attached hydrogens (tertiary/aromatic N) is 5. The average Bonchev–Trinajstić information content (AvgIpc) is 3.73. The number of phenols is 1. The molecule has 4 N–H and O–H groups in total. The predicted molar refractivity (Wildman–Crippen MR) is 196 cm³/mol. The number of phenolic OH excluding ortho intramolecular Hbond substituents is 1. The van der Waals surface area contributed by atoms with Crippen LogP contribution in [0.1, 0.15) is 38.4 Å². The summed E-state index contributed by atoms with van der Waals surface area (Å²) in [5.41, 5.74) is 3.83. The number of amides is 2. The van der Waals surface area contributed by atoms with Crippen LogP contribution in [-0.4, -0.2) is 53.0 Å². The summed E-state index contributed by atoms with van der Waals surface area (Å²) in [6, 6.07) is 26.2. The molecule has 0 spiro atoms. The normalized spacial score (nSPS) is 11.6. The van der Waals surface area contributed by atoms with Gasteiger partial charge in [0, 0.05) is 50.2 Å². The fourth-order valence-electron chi connectivity index (χ4n) is 5.07. The van der Waals surface area contributed by atoms with Crippen LogP contribution in [0.5, 0.6) is 5.75 Å². The number of urea groups is 1. The molecular weight excluding hydrogens is 678 g/mol. The van der Waals surface area contributed by atoms with Crippen molar-refractivity contribution in [1.29, 1.82) is 0 Å². The number of hydrogen-bond acceptors (Lipinski definition) is 8. The van der Waals surface area contributed by atoms with Crippen molar-refractivity contribution < 1.29 is 15.0 Å². The fraction of sp³-hybridized carbons (Fsp3) is 0.222. The van der Waals surface area contributed by atoms with Gasteiger partial charge in [-0.1, -0.05) is 80.5 Å². The molecule has 0 saturated heterocycles. The summed E-state index contributed by atoms with van der Waals surface area (Å²) in [7, 11) is 0. The minimum atomic E-state index is -0.389. The number of aromatic nitrogens is 5. The lowest BCUT2D eigenvalue weighted by molar-refractivity contribution is 0.251. The largest absolute Gasteiger partial charge is 0.506 e. The first-order chi connectivity index (χ1) is 23.7. The molecular formula is C36H36ClN7O3S2. The van der Waals surface area contributed by atoms with Crippen LogP contribution in [0, 0.1) is 0 Å². The van der Waals surface area contributed by atoms with Crippen molar-refractivity contribution >= 4 is 52.6 Å². The maximum atomic E-state index is 13.3. The topological polar surface area (TPSA) is 130 Å². The van der Waals surface area contributed by atoms with Gasteiger partial charge in [-0.25, -0.2) is 9.48 Å². The van der Waals surface area contributed by atoms with Gasteiger partial charge in [0.15, 0.2) is 11.5 Å². The second-order valence-electron chi connectivity index (χ2n) is 11.9. The second-order valence-corrected chi connectivity index (χ2v) is 14.6. The number of benzene rings is 3. The fourth-order valence-corrected chi connectivity index (χ4v) is 7.01. The van der Waals surface area contributed by atoms with Crippen molar-refractivity contribution in [2.45, 2.75) is 53.8 Å². The Balaban J connectivity index is 1.20. The molecule has 0 saturated carbocycles. The van der Waals surface area contributed by atoms with Crippen molar-refractivity contribution in [3.63, 3.8) is 0 Å². The third-order valence-corrected chi connectivity index (χ3v) is 10.6. The zero-order valence-electron chi connectivity index (χ0n) is 27.2. The monoisotopic (exact) mass is 713 g/mol. The molecule has 0 bridgehead atoms. The number of nitrogens with one attached hydrogen (secondary N) is 2. The Hall–Kier alpha value is -4.49. The minimum absolute atomic E-state index is 0.0313. The number of hydrogen-bond donors (Lipinski definition) is 4. The Morgan fingerprint density at radius 1 is 0.980 bits per heavy atom. The Morgan fingerprint density at radius 3 is 2.53 bits per heavy atom. The van der Waals surface area contributed by atoms with E-state index in [2.05, 4.69) is 41.6 Å². The number of rotatable bonds is 12. The van der Waals surface area contributed by atoms with Gasteiger partial charge in [0.05, 0.1) is 23.0 Å². The molecule has 13 heteroatoms. The highest BCUT2D eigenvalue weighted by atomic mass is 35.5. The molecule has 2 amide bonds. The molecule has 6 rings (SSSR count). The van der Waals surface area contributed by atoms with E-state index in [0.29, 0.717) is 17.3 Å². The molecule has 0 radical (unpaired) electrons. The first-order valence-electron chi connectivity index (χ1n) is 15.7. The number of anilines is 1. The molecule has 0 unspecified atom stereocenters. The number of aliphatic hydroxyl groups is 1. The maximum Gasteiger partial charge on any atom is 0.320 e. The Morgan fingerprint density at radius 2 is 1.76 bits per heavy atom. The van der Waals surface area contributed by atoms with Crippen LogP contribution in [0.15, 0.2) is 106 Å². The molecule has 0 aliphatic heterocycles. The zero-order valence-corrected chi connectivity index (χ0v) is 29.6. The van der Waals surface area contributed by atoms with E-state index in [0.717, 1.165) is 49.4 Å². The summed E-state index contributed by atoms with van der Waals surface area (Å²) >= 11 is 9.38. The second kappa shape index (κ2) is 15.0. The smallest absolute Gasteiger partial charge is 0.320 e. The Bertz CT molecular complexity index is 2110. The van der Waals surface area contributed by atoms with E-state index in [1.165, 1.54) is 6.07 Å². The highest BCUT2D eigenvalue weighted by Crippen LogP contribution is 2.35. The summed E-state index contributed by atoms with van der Waals surface area (Å²) in [6.07, 6.45) is 2.87. The number of halogens is 1. The van der Waals surface area contributed by atoms with Gasteiger partial charge in [-0.05, 0) is 54.4 Å². The van der Waals surface area contributed by atoms with E-state index < -0.39 is 0 Å². The van der Waals surface area contributed by atoms with Gasteiger partial charge in [-0.15, -0.1) is 22.0 Å². The summed E-state index contributed by atoms with van der Waals surface area (Å²) in [5, 5.41) is 39.1. The number of carbonyl (C=O) groups is 1. The minimum Gasteiger partial charge on any atom is -0.506 e. The number of thioether (sulfide) groups is 1.